The lowest BCUT2D eigenvalue weighted by Gasteiger charge is -2.12. The third kappa shape index (κ3) is 3.56. The number of anilines is 1. The first-order valence-corrected chi connectivity index (χ1v) is 11.3. The number of carbonyl (C=O) groups is 1. The van der Waals surface area contributed by atoms with Crippen LogP contribution in [0.25, 0.3) is 27.9 Å². The number of nitrogens with zero attached hydrogens (tertiary/aromatic N) is 5. The lowest BCUT2D eigenvalue weighted by molar-refractivity contribution is -0.117. The molecule has 9 nitrogen and oxygen atoms in total. The van der Waals surface area contributed by atoms with Gasteiger partial charge in [-0.05, 0) is 37.5 Å². The maximum absolute atomic E-state index is 13.5. The summed E-state index contributed by atoms with van der Waals surface area (Å²) >= 11 is 0. The summed E-state index contributed by atoms with van der Waals surface area (Å²) in [5.41, 5.74) is 5.42. The van der Waals surface area contributed by atoms with Gasteiger partial charge in [0.1, 0.15) is 12.1 Å². The number of nitrogens with one attached hydrogen (secondary N) is 1. The van der Waals surface area contributed by atoms with Crippen molar-refractivity contribution in [3.8, 4) is 11.1 Å². The molecule has 5 rings (SSSR count). The van der Waals surface area contributed by atoms with Crippen LogP contribution < -0.4 is 16.6 Å². The van der Waals surface area contributed by atoms with E-state index in [0.29, 0.717) is 11.0 Å². The second-order valence-electron chi connectivity index (χ2n) is 8.98. The molecule has 178 valence electrons. The van der Waals surface area contributed by atoms with E-state index in [-0.39, 0.29) is 23.8 Å². The normalized spacial score (nSPS) is 11.5. The van der Waals surface area contributed by atoms with E-state index < -0.39 is 5.69 Å². The maximum Gasteiger partial charge on any atom is 0.352 e. The van der Waals surface area contributed by atoms with Crippen LogP contribution in [0.15, 0.2) is 58.3 Å². The summed E-state index contributed by atoms with van der Waals surface area (Å²) in [6.07, 6.45) is 1.83. The first kappa shape index (κ1) is 22.4. The molecule has 35 heavy (non-hydrogen) atoms. The standard InChI is InChI=1S/C26H26N6O3/c1-15-11-16(2)21(17(3)12-15)27-20(33)14-31-26(35)32-22-19(18-9-7-6-8-10-18)13-29(4)23(22)24(34)30(5)25(32)28-31/h6-13H,14H2,1-5H3,(H,27,33). The number of fused-ring (bicyclic) bond motifs is 3. The summed E-state index contributed by atoms with van der Waals surface area (Å²) < 4.78 is 5.57. The Balaban J connectivity index is 1.65. The van der Waals surface area contributed by atoms with Crippen LogP contribution in [-0.2, 0) is 25.4 Å². The van der Waals surface area contributed by atoms with Crippen LogP contribution in [0.3, 0.4) is 0 Å². The molecule has 3 aromatic heterocycles. The molecule has 2 aromatic carbocycles. The zero-order valence-corrected chi connectivity index (χ0v) is 20.3. The first-order chi connectivity index (χ1) is 16.7. The summed E-state index contributed by atoms with van der Waals surface area (Å²) in [6.45, 7) is 5.58. The van der Waals surface area contributed by atoms with E-state index in [1.54, 1.807) is 18.7 Å². The molecule has 0 unspecified atom stereocenters. The summed E-state index contributed by atoms with van der Waals surface area (Å²) in [4.78, 5) is 39.6. The molecule has 5 aromatic rings. The van der Waals surface area contributed by atoms with E-state index >= 15 is 0 Å². The van der Waals surface area contributed by atoms with Crippen LogP contribution in [-0.4, -0.2) is 29.2 Å². The highest BCUT2D eigenvalue weighted by molar-refractivity contribution is 5.94. The molecule has 0 aliphatic rings. The Bertz CT molecular complexity index is 1730. The number of aryl methyl sites for hydroxylation is 5. The van der Waals surface area contributed by atoms with E-state index in [4.69, 9.17) is 0 Å². The molecular formula is C26H26N6O3. The van der Waals surface area contributed by atoms with Crippen molar-refractivity contribution in [2.75, 3.05) is 5.32 Å². The van der Waals surface area contributed by atoms with Gasteiger partial charge in [-0.25, -0.2) is 13.9 Å². The lowest BCUT2D eigenvalue weighted by Crippen LogP contribution is -2.29. The van der Waals surface area contributed by atoms with Crippen LogP contribution in [0.5, 0.6) is 0 Å². The molecule has 0 aliphatic heterocycles. The lowest BCUT2D eigenvalue weighted by atomic mass is 10.1. The highest BCUT2D eigenvalue weighted by Gasteiger charge is 2.22. The van der Waals surface area contributed by atoms with E-state index in [2.05, 4.69) is 10.4 Å². The minimum absolute atomic E-state index is 0.173. The van der Waals surface area contributed by atoms with Gasteiger partial charge in [-0.3, -0.25) is 14.2 Å². The second-order valence-corrected chi connectivity index (χ2v) is 8.98. The van der Waals surface area contributed by atoms with E-state index in [0.717, 1.165) is 38.2 Å². The Kier molecular flexibility index (Phi) is 5.20. The molecule has 0 spiro atoms. The summed E-state index contributed by atoms with van der Waals surface area (Å²) in [5, 5.41) is 7.28. The fourth-order valence-corrected chi connectivity index (χ4v) is 4.78. The molecule has 1 amide bonds. The van der Waals surface area contributed by atoms with Gasteiger partial charge in [0.25, 0.3) is 5.56 Å². The number of aromatic nitrogens is 5. The van der Waals surface area contributed by atoms with Gasteiger partial charge in [0, 0.05) is 31.5 Å². The van der Waals surface area contributed by atoms with Gasteiger partial charge in [0.15, 0.2) is 0 Å². The predicted octanol–water partition coefficient (Wildman–Crippen LogP) is 2.92. The van der Waals surface area contributed by atoms with Crippen molar-refractivity contribution in [1.82, 2.24) is 23.3 Å². The largest absolute Gasteiger partial charge is 0.352 e. The van der Waals surface area contributed by atoms with Crippen molar-refractivity contribution in [1.29, 1.82) is 0 Å². The Morgan fingerprint density at radius 2 is 1.63 bits per heavy atom. The fourth-order valence-electron chi connectivity index (χ4n) is 4.78. The Morgan fingerprint density at radius 3 is 2.29 bits per heavy atom. The van der Waals surface area contributed by atoms with Gasteiger partial charge >= 0.3 is 5.69 Å². The molecular weight excluding hydrogens is 444 g/mol. The highest BCUT2D eigenvalue weighted by Crippen LogP contribution is 2.28. The average Bonchev–Trinajstić information content (AvgIpc) is 3.32. The van der Waals surface area contributed by atoms with Gasteiger partial charge < -0.3 is 9.88 Å². The third-order valence-electron chi connectivity index (χ3n) is 6.33. The number of benzene rings is 2. The number of hydrogen-bond acceptors (Lipinski definition) is 4. The van der Waals surface area contributed by atoms with Crippen molar-refractivity contribution >= 4 is 28.4 Å². The van der Waals surface area contributed by atoms with Crippen LogP contribution in [0.1, 0.15) is 16.7 Å². The van der Waals surface area contributed by atoms with Crippen molar-refractivity contribution in [3.05, 3.63) is 86.2 Å². The van der Waals surface area contributed by atoms with Crippen molar-refractivity contribution < 1.29 is 4.79 Å². The van der Waals surface area contributed by atoms with E-state index in [9.17, 15) is 14.4 Å². The number of amides is 1. The van der Waals surface area contributed by atoms with Crippen LogP contribution in [0.2, 0.25) is 0 Å². The smallest absolute Gasteiger partial charge is 0.344 e. The summed E-state index contributed by atoms with van der Waals surface area (Å²) in [7, 11) is 3.35. The van der Waals surface area contributed by atoms with E-state index in [1.165, 1.54) is 8.97 Å². The first-order valence-electron chi connectivity index (χ1n) is 11.3. The maximum atomic E-state index is 13.5. The second kappa shape index (κ2) is 8.12. The summed E-state index contributed by atoms with van der Waals surface area (Å²) in [6, 6.07) is 13.5. The Morgan fingerprint density at radius 1 is 0.971 bits per heavy atom. The third-order valence-corrected chi connectivity index (χ3v) is 6.33. The monoisotopic (exact) mass is 470 g/mol. The van der Waals surface area contributed by atoms with Gasteiger partial charge in [0.05, 0.1) is 5.52 Å². The zero-order chi connectivity index (χ0) is 25.0. The van der Waals surface area contributed by atoms with Crippen LogP contribution >= 0.6 is 0 Å². The minimum Gasteiger partial charge on any atom is -0.344 e. The van der Waals surface area contributed by atoms with Crippen LogP contribution in [0.4, 0.5) is 5.69 Å². The molecule has 1 N–H and O–H groups in total. The summed E-state index contributed by atoms with van der Waals surface area (Å²) in [5.74, 6) is -0.200. The molecule has 9 heteroatoms. The number of hydrogen-bond donors (Lipinski definition) is 1. The zero-order valence-electron chi connectivity index (χ0n) is 20.3. The van der Waals surface area contributed by atoms with Crippen molar-refractivity contribution in [2.45, 2.75) is 27.3 Å². The molecule has 0 bridgehead atoms. The highest BCUT2D eigenvalue weighted by atomic mass is 16.2. The molecule has 0 fully saturated rings. The average molecular weight is 471 g/mol. The van der Waals surface area contributed by atoms with Crippen LogP contribution in [0, 0.1) is 20.8 Å². The SMILES string of the molecule is Cc1cc(C)c(NC(=O)Cn2nc3n(C)c(=O)c4c(c(-c5ccccc5)cn4C)n3c2=O)c(C)c1. The van der Waals surface area contributed by atoms with Gasteiger partial charge in [-0.1, -0.05) is 48.0 Å². The molecule has 3 heterocycles. The van der Waals surface area contributed by atoms with E-state index in [1.807, 2.05) is 69.4 Å². The Hall–Kier alpha value is -4.40. The molecule has 0 saturated carbocycles. The van der Waals surface area contributed by atoms with Gasteiger partial charge in [0.2, 0.25) is 11.7 Å². The molecule has 0 saturated heterocycles. The van der Waals surface area contributed by atoms with Gasteiger partial charge in [-0.15, -0.1) is 5.10 Å². The van der Waals surface area contributed by atoms with Crippen molar-refractivity contribution in [3.63, 3.8) is 0 Å². The predicted molar refractivity (Wildman–Crippen MR) is 136 cm³/mol. The number of carbonyl (C=O) groups excluding carboxylic acids is 1. The van der Waals surface area contributed by atoms with Crippen molar-refractivity contribution in [2.24, 2.45) is 14.1 Å². The minimum atomic E-state index is -0.489. The topological polar surface area (TPSA) is 95.3 Å². The molecule has 0 radical (unpaired) electrons. The fraction of sp³-hybridized carbons (Fsp3) is 0.231. The Labute approximate surface area is 200 Å². The molecule has 0 aliphatic carbocycles. The quantitative estimate of drug-likeness (QED) is 0.437. The number of rotatable bonds is 4. The molecule has 0 atom stereocenters. The van der Waals surface area contributed by atoms with Gasteiger partial charge in [-0.2, -0.15) is 0 Å².